The first kappa shape index (κ1) is 18.7. The zero-order chi connectivity index (χ0) is 19.7. The number of nitrogens with zero attached hydrogens (tertiary/aromatic N) is 5. The highest BCUT2D eigenvalue weighted by molar-refractivity contribution is 7.89. The van der Waals surface area contributed by atoms with Gasteiger partial charge in [0.1, 0.15) is 11.9 Å². The number of benzene rings is 1. The van der Waals surface area contributed by atoms with Crippen molar-refractivity contribution in [2.45, 2.75) is 11.1 Å². The minimum atomic E-state index is -3.73. The van der Waals surface area contributed by atoms with Gasteiger partial charge < -0.3 is 9.30 Å². The molecule has 10 heteroatoms. The number of aryl methyl sites for hydroxylation is 1. The highest BCUT2D eigenvalue weighted by Crippen LogP contribution is 2.26. The van der Waals surface area contributed by atoms with Crippen molar-refractivity contribution in [3.8, 4) is 11.3 Å². The normalized spacial score (nSPS) is 18.3. The van der Waals surface area contributed by atoms with Crippen molar-refractivity contribution in [1.82, 2.24) is 23.8 Å². The molecule has 1 atom stereocenters. The van der Waals surface area contributed by atoms with Crippen LogP contribution in [0.5, 0.6) is 0 Å². The van der Waals surface area contributed by atoms with Gasteiger partial charge in [-0.1, -0.05) is 12.1 Å². The van der Waals surface area contributed by atoms with Crippen molar-refractivity contribution in [3.05, 3.63) is 60.7 Å². The van der Waals surface area contributed by atoms with Crippen LogP contribution in [0, 0.1) is 5.82 Å². The molecule has 3 aromatic rings. The molecule has 0 saturated carbocycles. The van der Waals surface area contributed by atoms with Gasteiger partial charge in [0.05, 0.1) is 36.7 Å². The number of morpholine rings is 1. The van der Waals surface area contributed by atoms with Crippen LogP contribution in [-0.4, -0.2) is 51.9 Å². The molecule has 0 amide bonds. The van der Waals surface area contributed by atoms with E-state index < -0.39 is 16.1 Å². The molecule has 146 valence electrons. The van der Waals surface area contributed by atoms with E-state index in [-0.39, 0.29) is 30.5 Å². The molecule has 0 spiro atoms. The summed E-state index contributed by atoms with van der Waals surface area (Å²) in [6.07, 6.45) is 5.39. The number of ether oxygens (including phenoxy) is 1. The Morgan fingerprint density at radius 1 is 1.29 bits per heavy atom. The van der Waals surface area contributed by atoms with E-state index in [2.05, 4.69) is 15.0 Å². The summed E-state index contributed by atoms with van der Waals surface area (Å²) in [5.74, 6) is -0.369. The summed E-state index contributed by atoms with van der Waals surface area (Å²) in [6.45, 7) is 0.551. The summed E-state index contributed by atoms with van der Waals surface area (Å²) in [4.78, 5) is 12.6. The third-order valence-electron chi connectivity index (χ3n) is 4.42. The standard InChI is InChI=1S/C18H18FN5O3S/c1-23-11-18(21-12-23)28(25,26)24-5-6-27-17(10-24)16-9-20-8-15(22-16)13-3-2-4-14(19)7-13/h2-4,7-9,11-12,17H,5-6,10H2,1H3. The van der Waals surface area contributed by atoms with Gasteiger partial charge in [-0.05, 0) is 12.1 Å². The number of imidazole rings is 1. The van der Waals surface area contributed by atoms with Gasteiger partial charge in [0.2, 0.25) is 0 Å². The third kappa shape index (κ3) is 3.66. The molecule has 0 radical (unpaired) electrons. The predicted molar refractivity (Wildman–Crippen MR) is 98.1 cm³/mol. The monoisotopic (exact) mass is 403 g/mol. The van der Waals surface area contributed by atoms with Crippen LogP contribution in [0.3, 0.4) is 0 Å². The Morgan fingerprint density at radius 3 is 2.89 bits per heavy atom. The van der Waals surface area contributed by atoms with Gasteiger partial charge in [0, 0.05) is 31.9 Å². The van der Waals surface area contributed by atoms with Gasteiger partial charge in [-0.2, -0.15) is 4.31 Å². The van der Waals surface area contributed by atoms with Gasteiger partial charge >= 0.3 is 0 Å². The Bertz CT molecular complexity index is 1100. The fourth-order valence-electron chi connectivity index (χ4n) is 3.00. The van der Waals surface area contributed by atoms with E-state index in [0.717, 1.165) is 0 Å². The van der Waals surface area contributed by atoms with E-state index in [9.17, 15) is 12.8 Å². The van der Waals surface area contributed by atoms with Crippen molar-refractivity contribution in [2.75, 3.05) is 19.7 Å². The fourth-order valence-corrected chi connectivity index (χ4v) is 4.39. The van der Waals surface area contributed by atoms with Crippen molar-refractivity contribution in [3.63, 3.8) is 0 Å². The van der Waals surface area contributed by atoms with Crippen molar-refractivity contribution >= 4 is 10.0 Å². The van der Waals surface area contributed by atoms with Crippen molar-refractivity contribution in [2.24, 2.45) is 7.05 Å². The van der Waals surface area contributed by atoms with E-state index in [1.165, 1.54) is 41.4 Å². The molecule has 8 nitrogen and oxygen atoms in total. The number of hydrogen-bond acceptors (Lipinski definition) is 6. The van der Waals surface area contributed by atoms with Crippen LogP contribution in [-0.2, 0) is 21.8 Å². The summed E-state index contributed by atoms with van der Waals surface area (Å²) in [6, 6.07) is 6.05. The molecule has 1 aliphatic heterocycles. The lowest BCUT2D eigenvalue weighted by molar-refractivity contribution is -0.00514. The second kappa shape index (κ2) is 7.38. The number of sulfonamides is 1. The van der Waals surface area contributed by atoms with Crippen LogP contribution in [0.2, 0.25) is 0 Å². The van der Waals surface area contributed by atoms with Gasteiger partial charge in [0.15, 0.2) is 5.03 Å². The highest BCUT2D eigenvalue weighted by Gasteiger charge is 2.33. The maximum absolute atomic E-state index is 13.5. The lowest BCUT2D eigenvalue weighted by Gasteiger charge is -2.31. The first-order chi connectivity index (χ1) is 13.4. The first-order valence-electron chi connectivity index (χ1n) is 8.61. The summed E-state index contributed by atoms with van der Waals surface area (Å²) >= 11 is 0. The minimum Gasteiger partial charge on any atom is -0.369 e. The largest absolute Gasteiger partial charge is 0.369 e. The van der Waals surface area contributed by atoms with Gasteiger partial charge in [0.25, 0.3) is 10.0 Å². The molecule has 1 fully saturated rings. The Hall–Kier alpha value is -2.69. The molecule has 4 rings (SSSR count). The predicted octanol–water partition coefficient (Wildman–Crippen LogP) is 1.78. The summed E-state index contributed by atoms with van der Waals surface area (Å²) in [5.41, 5.74) is 1.57. The van der Waals surface area contributed by atoms with E-state index >= 15 is 0 Å². The number of rotatable bonds is 4. The second-order valence-corrected chi connectivity index (χ2v) is 8.32. The highest BCUT2D eigenvalue weighted by atomic mass is 32.2. The van der Waals surface area contributed by atoms with Crippen LogP contribution in [0.15, 0.2) is 54.2 Å². The average Bonchev–Trinajstić information content (AvgIpc) is 3.15. The second-order valence-electron chi connectivity index (χ2n) is 6.44. The summed E-state index contributed by atoms with van der Waals surface area (Å²) in [5, 5.41) is -0.00440. The number of halogens is 1. The van der Waals surface area contributed by atoms with Crippen LogP contribution in [0.1, 0.15) is 11.8 Å². The van der Waals surface area contributed by atoms with Crippen LogP contribution in [0.25, 0.3) is 11.3 Å². The number of hydrogen-bond donors (Lipinski definition) is 0. The molecule has 1 aromatic carbocycles. The lowest BCUT2D eigenvalue weighted by atomic mass is 10.1. The van der Waals surface area contributed by atoms with Crippen molar-refractivity contribution < 1.29 is 17.5 Å². The Labute approximate surface area is 161 Å². The molecule has 0 N–H and O–H groups in total. The van der Waals surface area contributed by atoms with Gasteiger partial charge in [-0.25, -0.2) is 22.8 Å². The molecule has 28 heavy (non-hydrogen) atoms. The quantitative estimate of drug-likeness (QED) is 0.660. The van der Waals surface area contributed by atoms with E-state index in [0.29, 0.717) is 17.0 Å². The molecule has 0 bridgehead atoms. The summed E-state index contributed by atoms with van der Waals surface area (Å²) < 4.78 is 47.8. The maximum Gasteiger partial charge on any atom is 0.262 e. The fraction of sp³-hybridized carbons (Fsp3) is 0.278. The third-order valence-corrected chi connectivity index (χ3v) is 6.17. The minimum absolute atomic E-state index is 0.00440. The van der Waals surface area contributed by atoms with Gasteiger partial charge in [-0.15, -0.1) is 0 Å². The van der Waals surface area contributed by atoms with Crippen molar-refractivity contribution in [1.29, 1.82) is 0 Å². The lowest BCUT2D eigenvalue weighted by Crippen LogP contribution is -2.42. The molecule has 2 aromatic heterocycles. The van der Waals surface area contributed by atoms with E-state index in [1.54, 1.807) is 23.7 Å². The SMILES string of the molecule is Cn1cnc(S(=O)(=O)N2CCOC(c3cncc(-c4cccc(F)c4)n3)C2)c1. The maximum atomic E-state index is 13.5. The van der Waals surface area contributed by atoms with Crippen LogP contribution in [0.4, 0.5) is 4.39 Å². The molecule has 1 unspecified atom stereocenters. The van der Waals surface area contributed by atoms with Crippen LogP contribution < -0.4 is 0 Å². The Kier molecular flexibility index (Phi) is 4.92. The molecule has 1 aliphatic rings. The van der Waals surface area contributed by atoms with E-state index in [4.69, 9.17) is 4.74 Å². The molecule has 0 aliphatic carbocycles. The molecule has 3 heterocycles. The Morgan fingerprint density at radius 2 is 2.14 bits per heavy atom. The van der Waals surface area contributed by atoms with Crippen LogP contribution >= 0.6 is 0 Å². The number of aromatic nitrogens is 4. The average molecular weight is 403 g/mol. The Balaban J connectivity index is 1.59. The molecule has 1 saturated heterocycles. The molecular formula is C18H18FN5O3S. The van der Waals surface area contributed by atoms with Gasteiger partial charge in [-0.3, -0.25) is 4.98 Å². The topological polar surface area (TPSA) is 90.2 Å². The summed E-state index contributed by atoms with van der Waals surface area (Å²) in [7, 11) is -2.02. The smallest absolute Gasteiger partial charge is 0.262 e. The zero-order valence-corrected chi connectivity index (χ0v) is 15.9. The zero-order valence-electron chi connectivity index (χ0n) is 15.1. The van der Waals surface area contributed by atoms with E-state index in [1.807, 2.05) is 0 Å². The first-order valence-corrected chi connectivity index (χ1v) is 10.0. The molecular weight excluding hydrogens is 385 g/mol.